The van der Waals surface area contributed by atoms with Crippen molar-refractivity contribution >= 4 is 33.6 Å². The summed E-state index contributed by atoms with van der Waals surface area (Å²) < 4.78 is 1.04. The summed E-state index contributed by atoms with van der Waals surface area (Å²) >= 11 is 4.96. The third-order valence-electron chi connectivity index (χ3n) is 3.37. The van der Waals surface area contributed by atoms with Crippen LogP contribution in [0.4, 0.5) is 0 Å². The fourth-order valence-corrected chi connectivity index (χ4v) is 3.24. The fraction of sp³-hybridized carbons (Fsp3) is 0.278. The largest absolute Gasteiger partial charge is 0.508 e. The van der Waals surface area contributed by atoms with Crippen LogP contribution in [-0.2, 0) is 11.2 Å². The van der Waals surface area contributed by atoms with Crippen molar-refractivity contribution in [2.45, 2.75) is 29.9 Å². The van der Waals surface area contributed by atoms with Crippen LogP contribution < -0.4 is 5.32 Å². The van der Waals surface area contributed by atoms with Gasteiger partial charge in [0.25, 0.3) is 0 Å². The number of rotatable bonds is 7. The van der Waals surface area contributed by atoms with Crippen LogP contribution in [0.15, 0.2) is 57.9 Å². The summed E-state index contributed by atoms with van der Waals surface area (Å²) in [6.07, 6.45) is 1.76. The summed E-state index contributed by atoms with van der Waals surface area (Å²) in [5.41, 5.74) is 1.16. The fourth-order valence-electron chi connectivity index (χ4n) is 2.08. The Hall–Kier alpha value is -1.46. The van der Waals surface area contributed by atoms with Crippen LogP contribution >= 0.6 is 27.7 Å². The van der Waals surface area contributed by atoms with Crippen LogP contribution in [0.1, 0.15) is 18.9 Å². The molecule has 23 heavy (non-hydrogen) atoms. The molecule has 0 heterocycles. The number of halogens is 1. The van der Waals surface area contributed by atoms with Gasteiger partial charge in [0.1, 0.15) is 5.75 Å². The van der Waals surface area contributed by atoms with Crippen LogP contribution in [0, 0.1) is 0 Å². The average Bonchev–Trinajstić information content (AvgIpc) is 2.55. The number of aryl methyl sites for hydroxylation is 1. The topological polar surface area (TPSA) is 49.3 Å². The molecular formula is C18H20BrNO2S. The van der Waals surface area contributed by atoms with E-state index in [2.05, 4.69) is 21.2 Å². The van der Waals surface area contributed by atoms with Gasteiger partial charge in [0, 0.05) is 15.9 Å². The minimum atomic E-state index is -0.121. The van der Waals surface area contributed by atoms with E-state index in [1.807, 2.05) is 43.3 Å². The second-order valence-corrected chi connectivity index (χ2v) is 7.60. The molecular weight excluding hydrogens is 374 g/mol. The summed E-state index contributed by atoms with van der Waals surface area (Å²) in [4.78, 5) is 13.2. The van der Waals surface area contributed by atoms with Crippen molar-refractivity contribution in [3.63, 3.8) is 0 Å². The number of amides is 1. The number of carbonyl (C=O) groups is 1. The number of nitrogens with one attached hydrogen (secondary N) is 1. The van der Waals surface area contributed by atoms with E-state index >= 15 is 0 Å². The number of aromatic hydroxyl groups is 1. The van der Waals surface area contributed by atoms with Crippen molar-refractivity contribution in [2.75, 3.05) is 6.54 Å². The zero-order chi connectivity index (χ0) is 16.7. The molecule has 0 aliphatic rings. The Morgan fingerprint density at radius 2 is 1.83 bits per heavy atom. The summed E-state index contributed by atoms with van der Waals surface area (Å²) in [5, 5.41) is 12.1. The first-order valence-corrected chi connectivity index (χ1v) is 9.20. The zero-order valence-corrected chi connectivity index (χ0v) is 15.4. The Morgan fingerprint density at radius 1 is 1.17 bits per heavy atom. The standard InChI is InChI=1S/C18H20BrNO2S/c1-13(23-17-10-6-15(19)7-11-17)18(22)20-12-2-3-14-4-8-16(21)9-5-14/h4-11,13,21H,2-3,12H2,1H3,(H,20,22). The maximum atomic E-state index is 12.1. The van der Waals surface area contributed by atoms with Gasteiger partial charge in [-0.15, -0.1) is 11.8 Å². The van der Waals surface area contributed by atoms with Gasteiger partial charge in [0.15, 0.2) is 0 Å². The van der Waals surface area contributed by atoms with Gasteiger partial charge in [0.2, 0.25) is 5.91 Å². The van der Waals surface area contributed by atoms with Gasteiger partial charge in [-0.05, 0) is 61.7 Å². The quantitative estimate of drug-likeness (QED) is 0.541. The van der Waals surface area contributed by atoms with Crippen LogP contribution in [0.5, 0.6) is 5.75 Å². The lowest BCUT2D eigenvalue weighted by Gasteiger charge is -2.12. The molecule has 122 valence electrons. The van der Waals surface area contributed by atoms with Crippen molar-refractivity contribution in [3.05, 3.63) is 58.6 Å². The van der Waals surface area contributed by atoms with Gasteiger partial charge in [-0.25, -0.2) is 0 Å². The number of phenolic OH excluding ortho intramolecular Hbond substituents is 1. The van der Waals surface area contributed by atoms with Gasteiger partial charge in [-0.3, -0.25) is 4.79 Å². The predicted molar refractivity (Wildman–Crippen MR) is 98.9 cm³/mol. The first kappa shape index (κ1) is 17.9. The minimum Gasteiger partial charge on any atom is -0.508 e. The zero-order valence-electron chi connectivity index (χ0n) is 13.0. The summed E-state index contributed by atoms with van der Waals surface area (Å²) in [7, 11) is 0. The normalized spacial score (nSPS) is 11.9. The molecule has 2 aromatic carbocycles. The number of thioether (sulfide) groups is 1. The molecule has 1 amide bonds. The van der Waals surface area contributed by atoms with E-state index < -0.39 is 0 Å². The molecule has 2 aromatic rings. The third-order valence-corrected chi connectivity index (χ3v) is 5.01. The predicted octanol–water partition coefficient (Wildman–Crippen LogP) is 4.38. The SMILES string of the molecule is CC(Sc1ccc(Br)cc1)C(=O)NCCCc1ccc(O)cc1. The van der Waals surface area contributed by atoms with Gasteiger partial charge in [-0.1, -0.05) is 28.1 Å². The molecule has 0 fully saturated rings. The number of carbonyl (C=O) groups excluding carboxylic acids is 1. The molecule has 5 heteroatoms. The highest BCUT2D eigenvalue weighted by molar-refractivity contribution is 9.10. The Bertz CT molecular complexity index is 628. The number of benzene rings is 2. The molecule has 3 nitrogen and oxygen atoms in total. The maximum absolute atomic E-state index is 12.1. The lowest BCUT2D eigenvalue weighted by atomic mass is 10.1. The molecule has 2 N–H and O–H groups in total. The number of hydrogen-bond donors (Lipinski definition) is 2. The lowest BCUT2D eigenvalue weighted by molar-refractivity contribution is -0.120. The van der Waals surface area contributed by atoms with Crippen LogP contribution in [0.2, 0.25) is 0 Å². The second kappa shape index (κ2) is 8.99. The van der Waals surface area contributed by atoms with Gasteiger partial charge >= 0.3 is 0 Å². The van der Waals surface area contributed by atoms with Crippen LogP contribution in [0.25, 0.3) is 0 Å². The molecule has 1 atom stereocenters. The Balaban J connectivity index is 1.69. The maximum Gasteiger partial charge on any atom is 0.233 e. The van der Waals surface area contributed by atoms with E-state index in [0.717, 1.165) is 27.8 Å². The summed E-state index contributed by atoms with van der Waals surface area (Å²) in [6, 6.07) is 15.1. The lowest BCUT2D eigenvalue weighted by Crippen LogP contribution is -2.31. The van der Waals surface area contributed by atoms with Gasteiger partial charge in [0.05, 0.1) is 5.25 Å². The van der Waals surface area contributed by atoms with Crippen LogP contribution in [-0.4, -0.2) is 22.8 Å². The molecule has 1 unspecified atom stereocenters. The smallest absolute Gasteiger partial charge is 0.233 e. The monoisotopic (exact) mass is 393 g/mol. The van der Waals surface area contributed by atoms with E-state index in [0.29, 0.717) is 6.54 Å². The molecule has 0 aliphatic heterocycles. The molecule has 0 bridgehead atoms. The molecule has 0 saturated carbocycles. The second-order valence-electron chi connectivity index (χ2n) is 5.28. The average molecular weight is 394 g/mol. The summed E-state index contributed by atoms with van der Waals surface area (Å²) in [5.74, 6) is 0.337. The van der Waals surface area contributed by atoms with Gasteiger partial charge < -0.3 is 10.4 Å². The molecule has 2 rings (SSSR count). The first-order chi connectivity index (χ1) is 11.0. The van der Waals surface area contributed by atoms with Crippen molar-refractivity contribution < 1.29 is 9.90 Å². The molecule has 0 aliphatic carbocycles. The van der Waals surface area contributed by atoms with Crippen molar-refractivity contribution in [2.24, 2.45) is 0 Å². The van der Waals surface area contributed by atoms with Crippen molar-refractivity contribution in [1.29, 1.82) is 0 Å². The van der Waals surface area contributed by atoms with Crippen molar-refractivity contribution in [1.82, 2.24) is 5.32 Å². The Labute approximate surface area is 149 Å². The minimum absolute atomic E-state index is 0.0589. The first-order valence-electron chi connectivity index (χ1n) is 7.52. The third kappa shape index (κ3) is 6.28. The summed E-state index contributed by atoms with van der Waals surface area (Å²) in [6.45, 7) is 2.58. The number of hydrogen-bond acceptors (Lipinski definition) is 3. The van der Waals surface area contributed by atoms with E-state index in [4.69, 9.17) is 0 Å². The van der Waals surface area contributed by atoms with E-state index in [1.54, 1.807) is 23.9 Å². The van der Waals surface area contributed by atoms with E-state index in [1.165, 1.54) is 0 Å². The molecule has 0 radical (unpaired) electrons. The Morgan fingerprint density at radius 3 is 2.48 bits per heavy atom. The van der Waals surface area contributed by atoms with E-state index in [-0.39, 0.29) is 16.9 Å². The highest BCUT2D eigenvalue weighted by Gasteiger charge is 2.13. The molecule has 0 spiro atoms. The van der Waals surface area contributed by atoms with Gasteiger partial charge in [-0.2, -0.15) is 0 Å². The number of phenols is 1. The Kier molecular flexibility index (Phi) is 6.99. The van der Waals surface area contributed by atoms with E-state index in [9.17, 15) is 9.90 Å². The highest BCUT2D eigenvalue weighted by atomic mass is 79.9. The highest BCUT2D eigenvalue weighted by Crippen LogP contribution is 2.24. The molecule has 0 saturated heterocycles. The van der Waals surface area contributed by atoms with Crippen LogP contribution in [0.3, 0.4) is 0 Å². The van der Waals surface area contributed by atoms with Crippen molar-refractivity contribution in [3.8, 4) is 5.75 Å². The molecule has 0 aromatic heterocycles.